The molecular formula is C28H32BrF2N7O2. The first-order valence-corrected chi connectivity index (χ1v) is 14.4. The van der Waals surface area contributed by atoms with Gasteiger partial charge in [-0.2, -0.15) is 15.1 Å². The van der Waals surface area contributed by atoms with Crippen LogP contribution in [0, 0.1) is 5.82 Å². The first-order chi connectivity index (χ1) is 19.2. The lowest BCUT2D eigenvalue weighted by Crippen LogP contribution is -2.43. The summed E-state index contributed by atoms with van der Waals surface area (Å²) in [4.78, 5) is 27.6. The highest BCUT2D eigenvalue weighted by Gasteiger charge is 2.49. The zero-order valence-electron chi connectivity index (χ0n) is 22.7. The number of carbonyl (C=O) groups is 1. The zero-order chi connectivity index (χ0) is 28.2. The molecule has 3 aliphatic rings. The van der Waals surface area contributed by atoms with Crippen molar-refractivity contribution in [1.82, 2.24) is 29.5 Å². The number of ether oxygens (including phenoxy) is 1. The highest BCUT2D eigenvalue weighted by Crippen LogP contribution is 2.41. The standard InChI is InChI=1S/C28H32BrF2N7O2/c1-4-17-11-20-24(23(31)22(17)29)32-27(40-16-28-7-5-9-37(28)14-18(30)13-28)33-25(20)36-8-6-10-38-19(15-36)12-21(34-38)26(39)35(2)3/h4,11-12,18H,1,5-10,13-16H2,2-3H3/t18-,28+/m1/s1. The fourth-order valence-corrected chi connectivity index (χ4v) is 6.73. The maximum atomic E-state index is 15.7. The summed E-state index contributed by atoms with van der Waals surface area (Å²) >= 11 is 3.35. The van der Waals surface area contributed by atoms with Gasteiger partial charge in [-0.3, -0.25) is 14.4 Å². The number of nitrogens with zero attached hydrogens (tertiary/aromatic N) is 7. The van der Waals surface area contributed by atoms with Gasteiger partial charge in [0, 0.05) is 45.5 Å². The number of hydrogen-bond acceptors (Lipinski definition) is 7. The van der Waals surface area contributed by atoms with Crippen molar-refractivity contribution >= 4 is 44.6 Å². The monoisotopic (exact) mass is 615 g/mol. The molecule has 0 bridgehead atoms. The number of anilines is 1. The molecule has 2 fully saturated rings. The van der Waals surface area contributed by atoms with Crippen LogP contribution in [0.1, 0.15) is 47.4 Å². The zero-order valence-corrected chi connectivity index (χ0v) is 24.3. The molecule has 0 saturated carbocycles. The van der Waals surface area contributed by atoms with Crippen molar-refractivity contribution in [2.24, 2.45) is 0 Å². The summed E-state index contributed by atoms with van der Waals surface area (Å²) in [5.74, 6) is -0.161. The fourth-order valence-electron chi connectivity index (χ4n) is 6.27. The summed E-state index contributed by atoms with van der Waals surface area (Å²) in [7, 11) is 3.39. The summed E-state index contributed by atoms with van der Waals surface area (Å²) in [6.45, 7) is 7.03. The van der Waals surface area contributed by atoms with E-state index in [1.807, 2.05) is 10.7 Å². The lowest BCUT2D eigenvalue weighted by molar-refractivity contribution is 0.0821. The summed E-state index contributed by atoms with van der Waals surface area (Å²) in [5, 5.41) is 5.06. The SMILES string of the molecule is C=Cc1cc2c(N3CCCn4nc(C(=O)N(C)C)cc4C3)nc(OC[C@@]34CCCN3C[C@H](F)C4)nc2c(F)c1Br. The van der Waals surface area contributed by atoms with Gasteiger partial charge < -0.3 is 14.5 Å². The number of rotatable bonds is 6. The Hall–Kier alpha value is -3.12. The molecular weight excluding hydrogens is 584 g/mol. The van der Waals surface area contributed by atoms with Gasteiger partial charge >= 0.3 is 6.01 Å². The van der Waals surface area contributed by atoms with Crippen LogP contribution in [0.4, 0.5) is 14.6 Å². The lowest BCUT2D eigenvalue weighted by Gasteiger charge is -2.31. The highest BCUT2D eigenvalue weighted by molar-refractivity contribution is 9.10. The molecule has 6 rings (SSSR count). The first-order valence-electron chi connectivity index (χ1n) is 13.6. The van der Waals surface area contributed by atoms with Crippen LogP contribution < -0.4 is 9.64 Å². The molecule has 9 nitrogen and oxygen atoms in total. The molecule has 3 aliphatic heterocycles. The van der Waals surface area contributed by atoms with Crippen molar-refractivity contribution in [2.45, 2.75) is 50.5 Å². The molecule has 0 N–H and O–H groups in total. The average molecular weight is 617 g/mol. The normalized spacial score (nSPS) is 22.7. The molecule has 3 aromatic rings. The second-order valence-electron chi connectivity index (χ2n) is 11.1. The molecule has 12 heteroatoms. The molecule has 2 atom stereocenters. The number of amides is 1. The van der Waals surface area contributed by atoms with Crippen LogP contribution in [0.5, 0.6) is 6.01 Å². The van der Waals surface area contributed by atoms with Crippen molar-refractivity contribution in [3.63, 3.8) is 0 Å². The van der Waals surface area contributed by atoms with Gasteiger partial charge in [-0.25, -0.2) is 8.78 Å². The third-order valence-electron chi connectivity index (χ3n) is 8.25. The molecule has 0 aliphatic carbocycles. The number of halogens is 3. The second kappa shape index (κ2) is 10.4. The van der Waals surface area contributed by atoms with Gasteiger partial charge in [0.05, 0.1) is 22.3 Å². The Morgan fingerprint density at radius 3 is 2.88 bits per heavy atom. The molecule has 212 valence electrons. The Balaban J connectivity index is 1.39. The van der Waals surface area contributed by atoms with E-state index in [1.54, 1.807) is 26.2 Å². The van der Waals surface area contributed by atoms with Gasteiger partial charge in [0.25, 0.3) is 5.91 Å². The number of carbonyl (C=O) groups excluding carboxylic acids is 1. The molecule has 1 aromatic carbocycles. The number of benzene rings is 1. The summed E-state index contributed by atoms with van der Waals surface area (Å²) in [6, 6.07) is 3.68. The average Bonchev–Trinajstić information content (AvgIpc) is 3.56. The predicted molar refractivity (Wildman–Crippen MR) is 152 cm³/mol. The van der Waals surface area contributed by atoms with E-state index < -0.39 is 12.0 Å². The minimum atomic E-state index is -0.881. The molecule has 40 heavy (non-hydrogen) atoms. The van der Waals surface area contributed by atoms with Crippen molar-refractivity contribution in [3.8, 4) is 6.01 Å². The van der Waals surface area contributed by atoms with Gasteiger partial charge in [0.1, 0.15) is 24.1 Å². The quantitative estimate of drug-likeness (QED) is 0.406. The minimum Gasteiger partial charge on any atom is -0.461 e. The van der Waals surface area contributed by atoms with Crippen LogP contribution in [0.25, 0.3) is 17.0 Å². The summed E-state index contributed by atoms with van der Waals surface area (Å²) in [6.07, 6.45) is 3.70. The van der Waals surface area contributed by atoms with E-state index in [4.69, 9.17) is 9.72 Å². The Bertz CT molecular complexity index is 1500. The van der Waals surface area contributed by atoms with Gasteiger partial charge in [-0.1, -0.05) is 12.7 Å². The number of fused-ring (bicyclic) bond motifs is 3. The van der Waals surface area contributed by atoms with Crippen LogP contribution >= 0.6 is 15.9 Å². The van der Waals surface area contributed by atoms with E-state index in [1.165, 1.54) is 4.90 Å². The molecule has 2 saturated heterocycles. The van der Waals surface area contributed by atoms with Gasteiger partial charge in [-0.05, 0) is 59.4 Å². The predicted octanol–water partition coefficient (Wildman–Crippen LogP) is 4.44. The van der Waals surface area contributed by atoms with Gasteiger partial charge in [-0.15, -0.1) is 0 Å². The molecule has 5 heterocycles. The van der Waals surface area contributed by atoms with Crippen LogP contribution in [-0.2, 0) is 13.1 Å². The highest BCUT2D eigenvalue weighted by atomic mass is 79.9. The summed E-state index contributed by atoms with van der Waals surface area (Å²) in [5.41, 5.74) is 1.58. The fraction of sp³-hybridized carbons (Fsp3) is 0.500. The van der Waals surface area contributed by atoms with Crippen molar-refractivity contribution in [2.75, 3.05) is 45.2 Å². The topological polar surface area (TPSA) is 79.6 Å². The number of hydrogen-bond donors (Lipinski definition) is 0. The Morgan fingerprint density at radius 2 is 2.10 bits per heavy atom. The number of aryl methyl sites for hydroxylation is 1. The van der Waals surface area contributed by atoms with Crippen molar-refractivity contribution in [3.05, 3.63) is 46.0 Å². The minimum absolute atomic E-state index is 0.0596. The van der Waals surface area contributed by atoms with E-state index in [-0.39, 0.29) is 34.1 Å². The van der Waals surface area contributed by atoms with E-state index in [9.17, 15) is 9.18 Å². The van der Waals surface area contributed by atoms with Gasteiger partial charge in [0.2, 0.25) is 0 Å². The molecule has 1 amide bonds. The maximum Gasteiger partial charge on any atom is 0.319 e. The van der Waals surface area contributed by atoms with Crippen LogP contribution in [0.3, 0.4) is 0 Å². The van der Waals surface area contributed by atoms with Crippen LogP contribution in [0.15, 0.2) is 23.2 Å². The second-order valence-corrected chi connectivity index (χ2v) is 11.9. The van der Waals surface area contributed by atoms with E-state index in [0.29, 0.717) is 55.1 Å². The van der Waals surface area contributed by atoms with Crippen molar-refractivity contribution < 1.29 is 18.3 Å². The molecule has 2 aromatic heterocycles. The van der Waals surface area contributed by atoms with E-state index in [0.717, 1.165) is 31.5 Å². The van der Waals surface area contributed by atoms with Crippen LogP contribution in [-0.4, -0.2) is 87.5 Å². The maximum absolute atomic E-state index is 15.7. The lowest BCUT2D eigenvalue weighted by atomic mass is 9.95. The van der Waals surface area contributed by atoms with Gasteiger partial charge in [0.15, 0.2) is 11.5 Å². The Kier molecular flexibility index (Phi) is 7.02. The van der Waals surface area contributed by atoms with Crippen molar-refractivity contribution in [1.29, 1.82) is 0 Å². The molecule has 0 spiro atoms. The first kappa shape index (κ1) is 27.1. The number of aromatic nitrogens is 4. The molecule has 0 unspecified atom stereocenters. The Labute approximate surface area is 239 Å². The smallest absolute Gasteiger partial charge is 0.319 e. The van der Waals surface area contributed by atoms with E-state index >= 15 is 4.39 Å². The third kappa shape index (κ3) is 4.64. The number of alkyl halides is 1. The Morgan fingerprint density at radius 1 is 1.27 bits per heavy atom. The molecule has 0 radical (unpaired) electrons. The third-order valence-corrected chi connectivity index (χ3v) is 9.05. The largest absolute Gasteiger partial charge is 0.461 e. The summed E-state index contributed by atoms with van der Waals surface area (Å²) < 4.78 is 38.3. The van der Waals surface area contributed by atoms with Crippen LogP contribution in [0.2, 0.25) is 0 Å². The van der Waals surface area contributed by atoms with E-state index in [2.05, 4.69) is 42.4 Å².